The van der Waals surface area contributed by atoms with Gasteiger partial charge in [0.2, 0.25) is 0 Å². The number of nitrogens with one attached hydrogen (secondary N) is 1. The van der Waals surface area contributed by atoms with E-state index in [0.717, 1.165) is 17.5 Å². The lowest BCUT2D eigenvalue weighted by Gasteiger charge is -2.18. The smallest absolute Gasteiger partial charge is 0.128 e. The lowest BCUT2D eigenvalue weighted by Crippen LogP contribution is -2.29. The van der Waals surface area contributed by atoms with Gasteiger partial charge in [-0.1, -0.05) is 43.3 Å². The molecule has 100 valence electrons. The molecule has 0 bridgehead atoms. The van der Waals surface area contributed by atoms with Crippen LogP contribution in [0.1, 0.15) is 35.2 Å². The molecule has 0 amide bonds. The number of hydrogen-bond acceptors (Lipinski definition) is 2. The van der Waals surface area contributed by atoms with Crippen molar-refractivity contribution in [2.24, 2.45) is 5.84 Å². The number of aryl methyl sites for hydroxylation is 2. The summed E-state index contributed by atoms with van der Waals surface area (Å²) in [6.07, 6.45) is 0.986. The molecule has 3 heteroatoms. The molecule has 3 N–H and O–H groups in total. The summed E-state index contributed by atoms with van der Waals surface area (Å²) in [5, 5.41) is 0. The maximum absolute atomic E-state index is 14.0. The first-order chi connectivity index (χ1) is 9.15. The number of nitrogens with two attached hydrogens (primary N) is 1. The summed E-state index contributed by atoms with van der Waals surface area (Å²) in [5.41, 5.74) is 6.37. The van der Waals surface area contributed by atoms with E-state index in [2.05, 4.69) is 12.3 Å². The van der Waals surface area contributed by atoms with Crippen molar-refractivity contribution in [2.45, 2.75) is 26.3 Å². The largest absolute Gasteiger partial charge is 0.271 e. The van der Waals surface area contributed by atoms with E-state index < -0.39 is 0 Å². The second-order valence-electron chi connectivity index (χ2n) is 4.72. The molecular formula is C16H19FN2. The normalized spacial score (nSPS) is 12.4. The van der Waals surface area contributed by atoms with Crippen LogP contribution < -0.4 is 11.3 Å². The quantitative estimate of drug-likeness (QED) is 0.652. The van der Waals surface area contributed by atoms with Crippen molar-refractivity contribution in [3.8, 4) is 0 Å². The van der Waals surface area contributed by atoms with Gasteiger partial charge in [-0.2, -0.15) is 0 Å². The second-order valence-corrected chi connectivity index (χ2v) is 4.72. The van der Waals surface area contributed by atoms with Crippen molar-refractivity contribution < 1.29 is 4.39 Å². The molecule has 19 heavy (non-hydrogen) atoms. The molecule has 2 aromatic rings. The lowest BCUT2D eigenvalue weighted by molar-refractivity contribution is 0.559. The molecule has 0 fully saturated rings. The third-order valence-electron chi connectivity index (χ3n) is 3.35. The van der Waals surface area contributed by atoms with Gasteiger partial charge in [-0.3, -0.25) is 5.84 Å². The molecule has 1 atom stereocenters. The first kappa shape index (κ1) is 13.7. The Labute approximate surface area is 113 Å². The summed E-state index contributed by atoms with van der Waals surface area (Å²) < 4.78 is 14.0. The number of halogens is 1. The molecule has 0 spiro atoms. The van der Waals surface area contributed by atoms with E-state index in [1.54, 1.807) is 6.07 Å². The van der Waals surface area contributed by atoms with E-state index in [9.17, 15) is 4.39 Å². The zero-order valence-electron chi connectivity index (χ0n) is 11.3. The maximum Gasteiger partial charge on any atom is 0.128 e. The van der Waals surface area contributed by atoms with Crippen LogP contribution in [0.5, 0.6) is 0 Å². The lowest BCUT2D eigenvalue weighted by atomic mass is 9.96. The predicted octanol–water partition coefficient (Wildman–Crippen LogP) is 3.25. The van der Waals surface area contributed by atoms with Crippen LogP contribution in [0.25, 0.3) is 0 Å². The van der Waals surface area contributed by atoms with Crippen LogP contribution in [0.2, 0.25) is 0 Å². The fourth-order valence-corrected chi connectivity index (χ4v) is 2.18. The Balaban J connectivity index is 2.37. The minimum atomic E-state index is -0.327. The molecule has 0 saturated heterocycles. The van der Waals surface area contributed by atoms with Gasteiger partial charge in [-0.15, -0.1) is 0 Å². The number of benzene rings is 2. The fourth-order valence-electron chi connectivity index (χ4n) is 2.18. The number of rotatable bonds is 4. The van der Waals surface area contributed by atoms with E-state index in [4.69, 9.17) is 5.84 Å². The Kier molecular flexibility index (Phi) is 4.30. The molecule has 2 aromatic carbocycles. The Morgan fingerprint density at radius 1 is 1.16 bits per heavy atom. The first-order valence-electron chi connectivity index (χ1n) is 6.46. The summed E-state index contributed by atoms with van der Waals surface area (Å²) in [6.45, 7) is 3.97. The van der Waals surface area contributed by atoms with Gasteiger partial charge in [0.25, 0.3) is 0 Å². The molecule has 1 unspecified atom stereocenters. The highest BCUT2D eigenvalue weighted by molar-refractivity contribution is 5.35. The maximum atomic E-state index is 14.0. The van der Waals surface area contributed by atoms with E-state index in [1.807, 2.05) is 37.3 Å². The van der Waals surface area contributed by atoms with E-state index in [0.29, 0.717) is 5.56 Å². The summed E-state index contributed by atoms with van der Waals surface area (Å²) in [7, 11) is 0. The van der Waals surface area contributed by atoms with Crippen LogP contribution >= 0.6 is 0 Å². The minimum Gasteiger partial charge on any atom is -0.271 e. The second kappa shape index (κ2) is 5.95. The molecule has 2 rings (SSSR count). The Morgan fingerprint density at radius 3 is 2.37 bits per heavy atom. The number of hydrogen-bond donors (Lipinski definition) is 2. The van der Waals surface area contributed by atoms with Crippen LogP contribution in [-0.4, -0.2) is 0 Å². The molecular weight excluding hydrogens is 239 g/mol. The van der Waals surface area contributed by atoms with Gasteiger partial charge in [0.15, 0.2) is 0 Å². The summed E-state index contributed by atoms with van der Waals surface area (Å²) in [5.74, 6) is 5.36. The molecule has 0 aliphatic rings. The molecule has 0 aliphatic heterocycles. The Hall–Kier alpha value is -1.71. The van der Waals surface area contributed by atoms with Crippen molar-refractivity contribution in [1.82, 2.24) is 5.43 Å². The average Bonchev–Trinajstić information content (AvgIpc) is 2.42. The van der Waals surface area contributed by atoms with Crippen molar-refractivity contribution in [2.75, 3.05) is 0 Å². The average molecular weight is 258 g/mol. The van der Waals surface area contributed by atoms with Gasteiger partial charge < -0.3 is 0 Å². The molecule has 0 aliphatic carbocycles. The van der Waals surface area contributed by atoms with Crippen molar-refractivity contribution in [1.29, 1.82) is 0 Å². The van der Waals surface area contributed by atoms with Crippen LogP contribution in [0.4, 0.5) is 4.39 Å². The Bertz CT molecular complexity index is 549. The van der Waals surface area contributed by atoms with E-state index >= 15 is 0 Å². The monoisotopic (exact) mass is 258 g/mol. The minimum absolute atomic E-state index is 0.234. The molecule has 0 radical (unpaired) electrons. The molecule has 2 nitrogen and oxygen atoms in total. The van der Waals surface area contributed by atoms with Crippen molar-refractivity contribution in [3.05, 3.63) is 70.5 Å². The van der Waals surface area contributed by atoms with Crippen LogP contribution in [-0.2, 0) is 6.42 Å². The van der Waals surface area contributed by atoms with E-state index in [-0.39, 0.29) is 11.9 Å². The molecule has 0 saturated carbocycles. The predicted molar refractivity (Wildman–Crippen MR) is 76.1 cm³/mol. The third-order valence-corrected chi connectivity index (χ3v) is 3.35. The van der Waals surface area contributed by atoms with Gasteiger partial charge in [-0.05, 0) is 36.1 Å². The third kappa shape index (κ3) is 3.00. The summed E-state index contributed by atoms with van der Waals surface area (Å²) in [4.78, 5) is 0. The van der Waals surface area contributed by atoms with Gasteiger partial charge >= 0.3 is 0 Å². The van der Waals surface area contributed by atoms with Gasteiger partial charge in [0.05, 0.1) is 6.04 Å². The van der Waals surface area contributed by atoms with Crippen LogP contribution in [0.3, 0.4) is 0 Å². The van der Waals surface area contributed by atoms with E-state index in [1.165, 1.54) is 11.6 Å². The number of hydrazine groups is 1. The van der Waals surface area contributed by atoms with Gasteiger partial charge in [0.1, 0.15) is 5.82 Å². The molecule has 0 aromatic heterocycles. The van der Waals surface area contributed by atoms with Crippen molar-refractivity contribution >= 4 is 0 Å². The van der Waals surface area contributed by atoms with Crippen LogP contribution in [0.15, 0.2) is 42.5 Å². The van der Waals surface area contributed by atoms with Gasteiger partial charge in [-0.25, -0.2) is 9.82 Å². The first-order valence-corrected chi connectivity index (χ1v) is 6.46. The fraction of sp³-hybridized carbons (Fsp3) is 0.250. The van der Waals surface area contributed by atoms with Gasteiger partial charge in [0, 0.05) is 5.56 Å². The summed E-state index contributed by atoms with van der Waals surface area (Å²) >= 11 is 0. The standard InChI is InChI=1S/C16H19FN2/c1-3-12-5-7-13(8-6-12)16(19-18)14-9-4-11(2)10-15(14)17/h4-10,16,19H,3,18H2,1-2H3. The zero-order valence-corrected chi connectivity index (χ0v) is 11.3. The van der Waals surface area contributed by atoms with Crippen LogP contribution in [0, 0.1) is 12.7 Å². The highest BCUT2D eigenvalue weighted by Gasteiger charge is 2.16. The molecule has 0 heterocycles. The topological polar surface area (TPSA) is 38.0 Å². The SMILES string of the molecule is CCc1ccc(C(NN)c2ccc(C)cc2F)cc1. The summed E-state index contributed by atoms with van der Waals surface area (Å²) in [6, 6.07) is 12.9. The zero-order chi connectivity index (χ0) is 13.8. The van der Waals surface area contributed by atoms with Crippen molar-refractivity contribution in [3.63, 3.8) is 0 Å². The highest BCUT2D eigenvalue weighted by atomic mass is 19.1. The highest BCUT2D eigenvalue weighted by Crippen LogP contribution is 2.24. The Morgan fingerprint density at radius 2 is 1.84 bits per heavy atom.